The highest BCUT2D eigenvalue weighted by Gasteiger charge is 2.17. The van der Waals surface area contributed by atoms with E-state index in [1.807, 2.05) is 0 Å². The number of methoxy groups -OCH3 is 1. The summed E-state index contributed by atoms with van der Waals surface area (Å²) < 4.78 is 32.5. The third-order valence-electron chi connectivity index (χ3n) is 3.00. The molecule has 0 aliphatic heterocycles. The smallest absolute Gasteiger partial charge is 0.168 e. The molecule has 0 aliphatic carbocycles. The van der Waals surface area contributed by atoms with E-state index >= 15 is 0 Å². The van der Waals surface area contributed by atoms with Crippen molar-refractivity contribution in [3.05, 3.63) is 64.2 Å². The molecule has 0 saturated heterocycles. The summed E-state index contributed by atoms with van der Waals surface area (Å²) in [6.45, 7) is 0. The van der Waals surface area contributed by atoms with Crippen LogP contribution in [0.5, 0.6) is 5.75 Å². The number of aliphatic hydroxyl groups is 1. The number of ether oxygens (including phenoxy) is 1. The molecule has 0 bridgehead atoms. The normalized spacial score (nSPS) is 12.2. The second kappa shape index (κ2) is 6.20. The first-order valence-corrected chi connectivity index (χ1v) is 6.35. The van der Waals surface area contributed by atoms with Gasteiger partial charge in [0.25, 0.3) is 0 Å². The van der Waals surface area contributed by atoms with Gasteiger partial charge in [-0.05, 0) is 23.8 Å². The zero-order chi connectivity index (χ0) is 14.7. The van der Waals surface area contributed by atoms with Gasteiger partial charge < -0.3 is 9.84 Å². The Morgan fingerprint density at radius 3 is 2.65 bits per heavy atom. The summed E-state index contributed by atoms with van der Waals surface area (Å²) in [5.74, 6) is -1.08. The minimum atomic E-state index is -1.16. The van der Waals surface area contributed by atoms with E-state index in [2.05, 4.69) is 0 Å². The Morgan fingerprint density at radius 2 is 2.00 bits per heavy atom. The van der Waals surface area contributed by atoms with E-state index in [9.17, 15) is 13.9 Å². The average molecular weight is 299 g/mol. The van der Waals surface area contributed by atoms with E-state index < -0.39 is 17.7 Å². The van der Waals surface area contributed by atoms with E-state index in [0.29, 0.717) is 0 Å². The third kappa shape index (κ3) is 3.08. The highest BCUT2D eigenvalue weighted by molar-refractivity contribution is 6.30. The molecule has 0 aliphatic rings. The highest BCUT2D eigenvalue weighted by atomic mass is 35.5. The fraction of sp³-hybridized carbons (Fsp3) is 0.200. The van der Waals surface area contributed by atoms with Crippen molar-refractivity contribution in [1.82, 2.24) is 0 Å². The van der Waals surface area contributed by atoms with Gasteiger partial charge >= 0.3 is 0 Å². The molecule has 2 nitrogen and oxygen atoms in total. The average Bonchev–Trinajstić information content (AvgIpc) is 2.41. The van der Waals surface area contributed by atoms with Crippen LogP contribution in [0, 0.1) is 11.6 Å². The molecule has 1 atom stereocenters. The largest absolute Gasteiger partial charge is 0.494 e. The molecule has 0 aromatic heterocycles. The molecule has 0 saturated carbocycles. The summed E-state index contributed by atoms with van der Waals surface area (Å²) in [6, 6.07) is 8.60. The fourth-order valence-corrected chi connectivity index (χ4v) is 2.12. The van der Waals surface area contributed by atoms with Crippen molar-refractivity contribution in [1.29, 1.82) is 0 Å². The van der Waals surface area contributed by atoms with Gasteiger partial charge in [-0.3, -0.25) is 0 Å². The van der Waals surface area contributed by atoms with Gasteiger partial charge in [0.1, 0.15) is 5.82 Å². The van der Waals surface area contributed by atoms with Crippen LogP contribution in [0.1, 0.15) is 17.2 Å². The van der Waals surface area contributed by atoms with Crippen LogP contribution in [-0.2, 0) is 6.42 Å². The summed E-state index contributed by atoms with van der Waals surface area (Å²) in [5.41, 5.74) is 0.336. The van der Waals surface area contributed by atoms with Crippen molar-refractivity contribution < 1.29 is 18.6 Å². The van der Waals surface area contributed by atoms with Gasteiger partial charge in [-0.15, -0.1) is 0 Å². The summed E-state index contributed by atoms with van der Waals surface area (Å²) in [7, 11) is 1.36. The molecular formula is C15H13ClF2O2. The number of hydrogen-bond donors (Lipinski definition) is 1. The highest BCUT2D eigenvalue weighted by Crippen LogP contribution is 2.27. The van der Waals surface area contributed by atoms with Gasteiger partial charge in [-0.2, -0.15) is 0 Å². The van der Waals surface area contributed by atoms with Gasteiger partial charge in [0.2, 0.25) is 0 Å². The lowest BCUT2D eigenvalue weighted by Crippen LogP contribution is -2.06. The summed E-state index contributed by atoms with van der Waals surface area (Å²) >= 11 is 5.65. The van der Waals surface area contributed by atoms with E-state index in [-0.39, 0.29) is 28.3 Å². The van der Waals surface area contributed by atoms with E-state index in [1.165, 1.54) is 31.4 Å². The standard InChI is InChI=1S/C15H13ClF2O2/c1-20-14-4-2-3-9(15(14)18)7-13(19)11-6-5-10(16)8-12(11)17/h2-6,8,13,19H,7H2,1H3. The Morgan fingerprint density at radius 1 is 1.25 bits per heavy atom. The zero-order valence-electron chi connectivity index (χ0n) is 10.7. The summed E-state index contributed by atoms with van der Waals surface area (Å²) in [6.07, 6.45) is -1.21. The second-order valence-electron chi connectivity index (χ2n) is 4.32. The minimum Gasteiger partial charge on any atom is -0.494 e. The molecule has 20 heavy (non-hydrogen) atoms. The molecule has 106 valence electrons. The predicted octanol–water partition coefficient (Wildman–Crippen LogP) is 3.90. The first kappa shape index (κ1) is 14.8. The monoisotopic (exact) mass is 298 g/mol. The van der Waals surface area contributed by atoms with E-state index in [0.717, 1.165) is 6.07 Å². The molecule has 0 radical (unpaired) electrons. The van der Waals surface area contributed by atoms with Crippen LogP contribution in [0.3, 0.4) is 0 Å². The lowest BCUT2D eigenvalue weighted by molar-refractivity contribution is 0.172. The Bertz CT molecular complexity index is 617. The molecule has 0 spiro atoms. The number of benzene rings is 2. The van der Waals surface area contributed by atoms with Crippen LogP contribution in [-0.4, -0.2) is 12.2 Å². The quantitative estimate of drug-likeness (QED) is 0.927. The predicted molar refractivity (Wildman–Crippen MR) is 73.0 cm³/mol. The maximum atomic E-state index is 14.0. The van der Waals surface area contributed by atoms with Crippen LogP contribution in [0.15, 0.2) is 36.4 Å². The second-order valence-corrected chi connectivity index (χ2v) is 4.76. The summed E-state index contributed by atoms with van der Waals surface area (Å²) in [5, 5.41) is 10.3. The van der Waals surface area contributed by atoms with Crippen molar-refractivity contribution in [2.45, 2.75) is 12.5 Å². The van der Waals surface area contributed by atoms with Crippen molar-refractivity contribution in [2.75, 3.05) is 7.11 Å². The van der Waals surface area contributed by atoms with Crippen molar-refractivity contribution in [3.8, 4) is 5.75 Å². The maximum Gasteiger partial charge on any atom is 0.168 e. The van der Waals surface area contributed by atoms with Gasteiger partial charge in [0, 0.05) is 17.0 Å². The Hall–Kier alpha value is -1.65. The molecule has 0 heterocycles. The Kier molecular flexibility index (Phi) is 4.57. The lowest BCUT2D eigenvalue weighted by Gasteiger charge is -2.14. The molecule has 0 fully saturated rings. The van der Waals surface area contributed by atoms with Crippen molar-refractivity contribution in [2.24, 2.45) is 0 Å². The molecular weight excluding hydrogens is 286 g/mol. The van der Waals surface area contributed by atoms with Crippen LogP contribution in [0.25, 0.3) is 0 Å². The van der Waals surface area contributed by atoms with Crippen LogP contribution in [0.2, 0.25) is 5.02 Å². The minimum absolute atomic E-state index is 0.0540. The van der Waals surface area contributed by atoms with Gasteiger partial charge in [-0.1, -0.05) is 29.8 Å². The van der Waals surface area contributed by atoms with Crippen LogP contribution >= 0.6 is 11.6 Å². The molecule has 1 unspecified atom stereocenters. The molecule has 2 aromatic carbocycles. The lowest BCUT2D eigenvalue weighted by atomic mass is 10.0. The topological polar surface area (TPSA) is 29.5 Å². The molecule has 5 heteroatoms. The fourth-order valence-electron chi connectivity index (χ4n) is 1.96. The number of rotatable bonds is 4. The number of aliphatic hydroxyl groups excluding tert-OH is 1. The number of hydrogen-bond acceptors (Lipinski definition) is 2. The molecule has 2 aromatic rings. The van der Waals surface area contributed by atoms with Crippen molar-refractivity contribution >= 4 is 11.6 Å². The van der Waals surface area contributed by atoms with E-state index in [1.54, 1.807) is 6.07 Å². The van der Waals surface area contributed by atoms with Gasteiger partial charge in [0.05, 0.1) is 13.2 Å². The zero-order valence-corrected chi connectivity index (χ0v) is 11.5. The SMILES string of the molecule is COc1cccc(CC(O)c2ccc(Cl)cc2F)c1F. The summed E-state index contributed by atoms with van der Waals surface area (Å²) in [4.78, 5) is 0. The van der Waals surface area contributed by atoms with Gasteiger partial charge in [0.15, 0.2) is 11.6 Å². The third-order valence-corrected chi connectivity index (χ3v) is 3.23. The van der Waals surface area contributed by atoms with Crippen LogP contribution < -0.4 is 4.74 Å². The first-order valence-electron chi connectivity index (χ1n) is 5.97. The Labute approximate surface area is 120 Å². The van der Waals surface area contributed by atoms with E-state index in [4.69, 9.17) is 16.3 Å². The first-order chi connectivity index (χ1) is 9.52. The van der Waals surface area contributed by atoms with Crippen molar-refractivity contribution in [3.63, 3.8) is 0 Å². The molecule has 2 rings (SSSR count). The Balaban J connectivity index is 2.25. The van der Waals surface area contributed by atoms with Gasteiger partial charge in [-0.25, -0.2) is 8.78 Å². The number of halogens is 3. The molecule has 1 N–H and O–H groups in total. The maximum absolute atomic E-state index is 14.0. The molecule has 0 amide bonds. The van der Waals surface area contributed by atoms with Crippen LogP contribution in [0.4, 0.5) is 8.78 Å².